The van der Waals surface area contributed by atoms with Crippen LogP contribution >= 0.6 is 11.6 Å². The number of hydrogen-bond acceptors (Lipinski definition) is 4. The number of ether oxygens (including phenoxy) is 1. The molecule has 1 N–H and O–H groups in total. The van der Waals surface area contributed by atoms with Gasteiger partial charge in [-0.05, 0) is 42.9 Å². The molecule has 0 spiro atoms. The predicted octanol–water partition coefficient (Wildman–Crippen LogP) is 2.64. The van der Waals surface area contributed by atoms with Crippen LogP contribution < -0.4 is 10.1 Å². The molecule has 1 aromatic carbocycles. The molecule has 0 bridgehead atoms. The fraction of sp³-hybridized carbons (Fsp3) is 0.526. The number of rotatable bonds is 5. The minimum absolute atomic E-state index is 0.0135. The molecule has 0 unspecified atom stereocenters. The summed E-state index contributed by atoms with van der Waals surface area (Å²) in [7, 11) is 1.45. The monoisotopic (exact) mass is 396 g/mol. The second kappa shape index (κ2) is 8.25. The summed E-state index contributed by atoms with van der Waals surface area (Å²) in [6.07, 6.45) is 2.24. The molecule has 6 nitrogen and oxygen atoms in total. The Morgan fingerprint density at radius 1 is 1.33 bits per heavy atom. The normalized spacial score (nSPS) is 20.7. The van der Waals surface area contributed by atoms with E-state index in [0.717, 1.165) is 18.4 Å². The van der Waals surface area contributed by atoms with Gasteiger partial charge in [0.15, 0.2) is 0 Å². The molecule has 3 amide bonds. The van der Waals surface area contributed by atoms with Crippen molar-refractivity contribution in [2.24, 2.45) is 5.92 Å². The summed E-state index contributed by atoms with van der Waals surface area (Å²) in [4.78, 5) is 36.9. The van der Waals surface area contributed by atoms with E-state index in [1.54, 1.807) is 11.0 Å². The SMILES string of the molecule is COc1cc(C2CCN(C(=O)CC[C@H]3CC(=O)NC3=O)CC2)cc(F)c1Cl. The standard InChI is InChI=1S/C19H22ClFN2O4/c1-27-15-9-13(8-14(21)18(15)20)11-4-6-23(7-5-11)17(25)3-2-12-10-16(24)22-19(12)26/h8-9,11-12H,2-7,10H2,1H3,(H,22,24,26)/t12-/m0/s1. The van der Waals surface area contributed by atoms with E-state index in [1.807, 2.05) is 0 Å². The Hall–Kier alpha value is -2.15. The van der Waals surface area contributed by atoms with E-state index < -0.39 is 11.7 Å². The van der Waals surface area contributed by atoms with Gasteiger partial charge in [-0.3, -0.25) is 19.7 Å². The maximum Gasteiger partial charge on any atom is 0.230 e. The number of imide groups is 1. The van der Waals surface area contributed by atoms with Crippen LogP contribution in [0.4, 0.5) is 4.39 Å². The quantitative estimate of drug-likeness (QED) is 0.776. The van der Waals surface area contributed by atoms with Crippen LogP contribution in [0.3, 0.4) is 0 Å². The van der Waals surface area contributed by atoms with Crippen LogP contribution in [0.15, 0.2) is 12.1 Å². The average Bonchev–Trinajstić information content (AvgIpc) is 2.99. The largest absolute Gasteiger partial charge is 0.495 e. The summed E-state index contributed by atoms with van der Waals surface area (Å²) < 4.78 is 19.1. The summed E-state index contributed by atoms with van der Waals surface area (Å²) >= 11 is 5.87. The molecular weight excluding hydrogens is 375 g/mol. The van der Waals surface area contributed by atoms with E-state index in [0.29, 0.717) is 25.3 Å². The Morgan fingerprint density at radius 2 is 2.04 bits per heavy atom. The highest BCUT2D eigenvalue weighted by Crippen LogP contribution is 2.35. The maximum atomic E-state index is 14.0. The number of carbonyl (C=O) groups is 3. The first kappa shape index (κ1) is 19.6. The van der Waals surface area contributed by atoms with Gasteiger partial charge in [-0.15, -0.1) is 0 Å². The number of nitrogens with one attached hydrogen (secondary N) is 1. The van der Waals surface area contributed by atoms with Crippen molar-refractivity contribution < 1.29 is 23.5 Å². The van der Waals surface area contributed by atoms with Crippen molar-refractivity contribution in [1.82, 2.24) is 10.2 Å². The van der Waals surface area contributed by atoms with Gasteiger partial charge in [0.25, 0.3) is 0 Å². The second-order valence-electron chi connectivity index (χ2n) is 7.03. The van der Waals surface area contributed by atoms with Gasteiger partial charge in [0.1, 0.15) is 16.6 Å². The molecule has 146 valence electrons. The van der Waals surface area contributed by atoms with Crippen molar-refractivity contribution >= 4 is 29.3 Å². The van der Waals surface area contributed by atoms with Crippen LogP contribution in [-0.2, 0) is 14.4 Å². The lowest BCUT2D eigenvalue weighted by atomic mass is 9.89. The molecule has 2 fully saturated rings. The molecule has 0 radical (unpaired) electrons. The van der Waals surface area contributed by atoms with Crippen LogP contribution in [0.2, 0.25) is 5.02 Å². The number of likely N-dealkylation sites (tertiary alicyclic amines) is 1. The van der Waals surface area contributed by atoms with Gasteiger partial charge in [0, 0.05) is 31.8 Å². The van der Waals surface area contributed by atoms with Crippen molar-refractivity contribution in [1.29, 1.82) is 0 Å². The number of amides is 3. The fourth-order valence-electron chi connectivity index (χ4n) is 3.73. The first-order valence-corrected chi connectivity index (χ1v) is 9.41. The zero-order chi connectivity index (χ0) is 19.6. The molecular formula is C19H22ClFN2O4. The minimum Gasteiger partial charge on any atom is -0.495 e. The molecule has 3 rings (SSSR count). The third kappa shape index (κ3) is 4.40. The summed E-state index contributed by atoms with van der Waals surface area (Å²) in [6.45, 7) is 1.15. The van der Waals surface area contributed by atoms with Crippen LogP contribution in [-0.4, -0.2) is 42.8 Å². The lowest BCUT2D eigenvalue weighted by Gasteiger charge is -2.32. The Bertz CT molecular complexity index is 762. The molecule has 0 aliphatic carbocycles. The third-order valence-corrected chi connectivity index (χ3v) is 5.69. The van der Waals surface area contributed by atoms with E-state index in [-0.39, 0.29) is 41.5 Å². The van der Waals surface area contributed by atoms with Gasteiger partial charge in [-0.1, -0.05) is 11.6 Å². The van der Waals surface area contributed by atoms with Gasteiger partial charge in [0.2, 0.25) is 17.7 Å². The average molecular weight is 397 g/mol. The van der Waals surface area contributed by atoms with Gasteiger partial charge >= 0.3 is 0 Å². The number of carbonyl (C=O) groups excluding carboxylic acids is 3. The summed E-state index contributed by atoms with van der Waals surface area (Å²) in [5, 5.41) is 2.23. The molecule has 27 heavy (non-hydrogen) atoms. The molecule has 2 aliphatic heterocycles. The molecule has 8 heteroatoms. The molecule has 2 heterocycles. The first-order chi connectivity index (χ1) is 12.9. The highest BCUT2D eigenvalue weighted by atomic mass is 35.5. The van der Waals surface area contributed by atoms with E-state index in [2.05, 4.69) is 5.32 Å². The number of benzene rings is 1. The maximum absolute atomic E-state index is 14.0. The summed E-state index contributed by atoms with van der Waals surface area (Å²) in [6, 6.07) is 3.19. The Balaban J connectivity index is 1.53. The molecule has 1 aromatic rings. The number of halogens is 2. The first-order valence-electron chi connectivity index (χ1n) is 9.03. The van der Waals surface area contributed by atoms with E-state index >= 15 is 0 Å². The predicted molar refractivity (Wildman–Crippen MR) is 97.0 cm³/mol. The Kier molecular flexibility index (Phi) is 5.99. The third-order valence-electron chi connectivity index (χ3n) is 5.33. The summed E-state index contributed by atoms with van der Waals surface area (Å²) in [5.41, 5.74) is 0.821. The van der Waals surface area contributed by atoms with Crippen molar-refractivity contribution in [2.75, 3.05) is 20.2 Å². The molecule has 2 aliphatic rings. The molecule has 0 saturated carbocycles. The lowest BCUT2D eigenvalue weighted by Crippen LogP contribution is -2.38. The van der Waals surface area contributed by atoms with Crippen LogP contribution in [0, 0.1) is 11.7 Å². The van der Waals surface area contributed by atoms with E-state index in [1.165, 1.54) is 13.2 Å². The van der Waals surface area contributed by atoms with Crippen LogP contribution in [0.25, 0.3) is 0 Å². The van der Waals surface area contributed by atoms with E-state index in [4.69, 9.17) is 16.3 Å². The highest BCUT2D eigenvalue weighted by molar-refractivity contribution is 6.32. The van der Waals surface area contributed by atoms with Gasteiger partial charge in [0.05, 0.1) is 7.11 Å². The van der Waals surface area contributed by atoms with Gasteiger partial charge < -0.3 is 9.64 Å². The zero-order valence-electron chi connectivity index (χ0n) is 15.1. The number of piperidine rings is 1. The highest BCUT2D eigenvalue weighted by Gasteiger charge is 2.32. The van der Waals surface area contributed by atoms with E-state index in [9.17, 15) is 18.8 Å². The topological polar surface area (TPSA) is 75.7 Å². The second-order valence-corrected chi connectivity index (χ2v) is 7.40. The molecule has 2 saturated heterocycles. The van der Waals surface area contributed by atoms with Crippen molar-refractivity contribution in [2.45, 2.75) is 38.0 Å². The van der Waals surface area contributed by atoms with Crippen molar-refractivity contribution in [3.63, 3.8) is 0 Å². The number of hydrogen-bond donors (Lipinski definition) is 1. The number of methoxy groups -OCH3 is 1. The molecule has 1 atom stereocenters. The van der Waals surface area contributed by atoms with Crippen LogP contribution in [0.5, 0.6) is 5.75 Å². The van der Waals surface area contributed by atoms with Crippen LogP contribution in [0.1, 0.15) is 43.6 Å². The zero-order valence-corrected chi connectivity index (χ0v) is 15.9. The van der Waals surface area contributed by atoms with Gasteiger partial charge in [-0.25, -0.2) is 4.39 Å². The molecule has 0 aromatic heterocycles. The fourth-order valence-corrected chi connectivity index (χ4v) is 3.91. The Morgan fingerprint density at radius 3 is 2.63 bits per heavy atom. The van der Waals surface area contributed by atoms with Gasteiger partial charge in [-0.2, -0.15) is 0 Å². The minimum atomic E-state index is -0.506. The number of nitrogens with zero attached hydrogens (tertiary/aromatic N) is 1. The van der Waals surface area contributed by atoms with Crippen molar-refractivity contribution in [3.05, 3.63) is 28.5 Å². The lowest BCUT2D eigenvalue weighted by molar-refractivity contribution is -0.132. The van der Waals surface area contributed by atoms with Crippen molar-refractivity contribution in [3.8, 4) is 5.75 Å². The smallest absolute Gasteiger partial charge is 0.230 e. The Labute approximate surface area is 162 Å². The summed E-state index contributed by atoms with van der Waals surface area (Å²) in [5.74, 6) is -1.03.